The second-order valence-corrected chi connectivity index (χ2v) is 7.35. The zero-order valence-electron chi connectivity index (χ0n) is 15.3. The summed E-state index contributed by atoms with van der Waals surface area (Å²) in [5.74, 6) is -0.264. The molecule has 3 atom stereocenters. The summed E-state index contributed by atoms with van der Waals surface area (Å²) in [5.41, 5.74) is 3.52. The van der Waals surface area contributed by atoms with Gasteiger partial charge in [-0.3, -0.25) is 4.79 Å². The van der Waals surface area contributed by atoms with Crippen LogP contribution in [-0.2, 0) is 4.79 Å². The van der Waals surface area contributed by atoms with Gasteiger partial charge in [-0.2, -0.15) is 10.1 Å². The minimum absolute atomic E-state index is 0.0109. The van der Waals surface area contributed by atoms with E-state index in [2.05, 4.69) is 40.5 Å². The molecule has 0 amide bonds. The van der Waals surface area contributed by atoms with Gasteiger partial charge in [-0.05, 0) is 24.1 Å². The summed E-state index contributed by atoms with van der Waals surface area (Å²) >= 11 is 0. The quantitative estimate of drug-likeness (QED) is 0.737. The van der Waals surface area contributed by atoms with Crippen molar-refractivity contribution in [3.8, 4) is 0 Å². The number of halogens is 1. The lowest BCUT2D eigenvalue weighted by Crippen LogP contribution is -2.40. The Labute approximate surface area is 161 Å². The molecular formula is C22H19FN4O. The predicted molar refractivity (Wildman–Crippen MR) is 103 cm³/mol. The number of ketones is 1. The second kappa shape index (κ2) is 6.41. The SMILES string of the molecule is Cc1ccccc1[C@@H]1C=C2Nc3ncnn3[C@H](c3ccccc3F)[C@H]2C(=O)C1. The number of rotatable bonds is 2. The van der Waals surface area contributed by atoms with E-state index in [1.54, 1.807) is 22.9 Å². The van der Waals surface area contributed by atoms with Crippen molar-refractivity contribution >= 4 is 11.7 Å². The molecule has 5 nitrogen and oxygen atoms in total. The fraction of sp³-hybridized carbons (Fsp3) is 0.227. The summed E-state index contributed by atoms with van der Waals surface area (Å²) in [7, 11) is 0. The zero-order valence-corrected chi connectivity index (χ0v) is 15.3. The van der Waals surface area contributed by atoms with Gasteiger partial charge in [-0.25, -0.2) is 9.07 Å². The molecule has 6 heteroatoms. The Bertz CT molecular complexity index is 1100. The minimum Gasteiger partial charge on any atom is -0.328 e. The van der Waals surface area contributed by atoms with E-state index in [4.69, 9.17) is 0 Å². The van der Waals surface area contributed by atoms with Crippen molar-refractivity contribution in [2.75, 3.05) is 5.32 Å². The standard InChI is InChI=1S/C22H19FN4O/c1-13-6-2-3-7-15(13)14-10-18-20(19(28)11-14)21(16-8-4-5-9-17(16)23)27-22(26-18)24-12-25-27/h2-10,12,14,20-21H,11H2,1H3,(H,24,25,26)/t14-,20-,21-/m1/s1. The summed E-state index contributed by atoms with van der Waals surface area (Å²) in [6.45, 7) is 2.05. The van der Waals surface area contributed by atoms with Gasteiger partial charge in [0, 0.05) is 23.6 Å². The molecule has 0 fully saturated rings. The van der Waals surface area contributed by atoms with Crippen LogP contribution in [0, 0.1) is 18.7 Å². The van der Waals surface area contributed by atoms with Gasteiger partial charge in [-0.15, -0.1) is 0 Å². The van der Waals surface area contributed by atoms with Gasteiger partial charge in [0.15, 0.2) is 0 Å². The Hall–Kier alpha value is -3.28. The highest BCUT2D eigenvalue weighted by Crippen LogP contribution is 2.44. The van der Waals surface area contributed by atoms with Gasteiger partial charge in [0.2, 0.25) is 5.95 Å². The first-order valence-electron chi connectivity index (χ1n) is 9.34. The molecule has 0 unspecified atom stereocenters. The van der Waals surface area contributed by atoms with E-state index >= 15 is 0 Å². The van der Waals surface area contributed by atoms with Crippen molar-refractivity contribution in [3.05, 3.63) is 89.1 Å². The van der Waals surface area contributed by atoms with Crippen LogP contribution in [0.1, 0.15) is 35.1 Å². The van der Waals surface area contributed by atoms with Crippen LogP contribution in [0.25, 0.3) is 0 Å². The van der Waals surface area contributed by atoms with E-state index in [-0.39, 0.29) is 17.5 Å². The summed E-state index contributed by atoms with van der Waals surface area (Å²) < 4.78 is 16.3. The molecule has 0 radical (unpaired) electrons. The Morgan fingerprint density at radius 3 is 2.64 bits per heavy atom. The number of anilines is 1. The molecule has 0 saturated heterocycles. The number of aryl methyl sites for hydroxylation is 1. The van der Waals surface area contributed by atoms with Gasteiger partial charge in [0.1, 0.15) is 17.9 Å². The number of benzene rings is 2. The number of allylic oxidation sites excluding steroid dienone is 2. The molecule has 2 aromatic carbocycles. The monoisotopic (exact) mass is 374 g/mol. The lowest BCUT2D eigenvalue weighted by molar-refractivity contribution is -0.123. The van der Waals surface area contributed by atoms with E-state index < -0.39 is 12.0 Å². The fourth-order valence-electron chi connectivity index (χ4n) is 4.40. The summed E-state index contributed by atoms with van der Waals surface area (Å²) in [6, 6.07) is 14.1. The molecular weight excluding hydrogens is 355 g/mol. The van der Waals surface area contributed by atoms with Crippen molar-refractivity contribution in [1.29, 1.82) is 0 Å². The molecule has 2 aliphatic rings. The Balaban J connectivity index is 1.65. The van der Waals surface area contributed by atoms with E-state index in [1.807, 2.05) is 12.1 Å². The van der Waals surface area contributed by atoms with Gasteiger partial charge >= 0.3 is 0 Å². The number of Topliss-reactive ketones (excluding diaryl/α,β-unsaturated/α-hetero) is 1. The fourth-order valence-corrected chi connectivity index (χ4v) is 4.40. The maximum atomic E-state index is 14.6. The summed E-state index contributed by atoms with van der Waals surface area (Å²) in [4.78, 5) is 17.5. The summed E-state index contributed by atoms with van der Waals surface area (Å²) in [5, 5.41) is 7.52. The molecule has 0 bridgehead atoms. The number of nitrogens with zero attached hydrogens (tertiary/aromatic N) is 3. The molecule has 0 spiro atoms. The first-order chi connectivity index (χ1) is 13.6. The predicted octanol–water partition coefficient (Wildman–Crippen LogP) is 4.00. The minimum atomic E-state index is -0.545. The van der Waals surface area contributed by atoms with Crippen molar-refractivity contribution in [3.63, 3.8) is 0 Å². The third-order valence-electron chi connectivity index (χ3n) is 5.70. The molecule has 1 aromatic heterocycles. The molecule has 2 heterocycles. The summed E-state index contributed by atoms with van der Waals surface area (Å²) in [6.07, 6.45) is 3.91. The van der Waals surface area contributed by atoms with E-state index in [1.165, 1.54) is 12.4 Å². The zero-order chi connectivity index (χ0) is 19.3. The highest BCUT2D eigenvalue weighted by atomic mass is 19.1. The normalized spacial score (nSPS) is 23.4. The molecule has 28 heavy (non-hydrogen) atoms. The number of carbonyl (C=O) groups excluding carboxylic acids is 1. The van der Waals surface area contributed by atoms with Gasteiger partial charge in [-0.1, -0.05) is 48.5 Å². The highest BCUT2D eigenvalue weighted by Gasteiger charge is 2.44. The largest absolute Gasteiger partial charge is 0.328 e. The van der Waals surface area contributed by atoms with Crippen molar-refractivity contribution in [2.24, 2.45) is 5.92 Å². The molecule has 5 rings (SSSR count). The smallest absolute Gasteiger partial charge is 0.226 e. The number of hydrogen-bond acceptors (Lipinski definition) is 4. The third kappa shape index (κ3) is 2.56. The Morgan fingerprint density at radius 2 is 1.86 bits per heavy atom. The average molecular weight is 374 g/mol. The maximum absolute atomic E-state index is 14.6. The van der Waals surface area contributed by atoms with Crippen LogP contribution < -0.4 is 5.32 Å². The van der Waals surface area contributed by atoms with Gasteiger partial charge < -0.3 is 5.32 Å². The first-order valence-corrected chi connectivity index (χ1v) is 9.34. The van der Waals surface area contributed by atoms with Crippen LogP contribution in [0.2, 0.25) is 0 Å². The Morgan fingerprint density at radius 1 is 1.11 bits per heavy atom. The second-order valence-electron chi connectivity index (χ2n) is 7.35. The third-order valence-corrected chi connectivity index (χ3v) is 5.70. The van der Waals surface area contributed by atoms with Crippen molar-refractivity contribution in [1.82, 2.24) is 14.8 Å². The molecule has 1 aliphatic heterocycles. The van der Waals surface area contributed by atoms with Crippen LogP contribution in [-0.4, -0.2) is 20.5 Å². The molecule has 1 N–H and O–H groups in total. The van der Waals surface area contributed by atoms with E-state index in [0.717, 1.165) is 16.8 Å². The van der Waals surface area contributed by atoms with Gasteiger partial charge in [0.25, 0.3) is 0 Å². The molecule has 1 aliphatic carbocycles. The first kappa shape index (κ1) is 16.9. The van der Waals surface area contributed by atoms with Crippen LogP contribution in [0.4, 0.5) is 10.3 Å². The highest BCUT2D eigenvalue weighted by molar-refractivity contribution is 5.88. The van der Waals surface area contributed by atoms with Crippen LogP contribution in [0.15, 0.2) is 66.6 Å². The lowest BCUT2D eigenvalue weighted by atomic mass is 9.75. The van der Waals surface area contributed by atoms with Crippen LogP contribution in [0.3, 0.4) is 0 Å². The maximum Gasteiger partial charge on any atom is 0.226 e. The Kier molecular flexibility index (Phi) is 3.86. The number of fused-ring (bicyclic) bond motifs is 2. The number of carbonyl (C=O) groups is 1. The van der Waals surface area contributed by atoms with Crippen molar-refractivity contribution < 1.29 is 9.18 Å². The van der Waals surface area contributed by atoms with E-state index in [0.29, 0.717) is 17.9 Å². The molecule has 3 aromatic rings. The number of hydrogen-bond donors (Lipinski definition) is 1. The van der Waals surface area contributed by atoms with Gasteiger partial charge in [0.05, 0.1) is 12.0 Å². The van der Waals surface area contributed by atoms with E-state index in [9.17, 15) is 9.18 Å². The molecule has 0 saturated carbocycles. The topological polar surface area (TPSA) is 59.8 Å². The number of aromatic nitrogens is 3. The average Bonchev–Trinajstić information content (AvgIpc) is 3.15. The van der Waals surface area contributed by atoms with Crippen LogP contribution >= 0.6 is 0 Å². The number of nitrogens with one attached hydrogen (secondary N) is 1. The molecule has 140 valence electrons. The lowest BCUT2D eigenvalue weighted by Gasteiger charge is -2.38. The van der Waals surface area contributed by atoms with Crippen molar-refractivity contribution in [2.45, 2.75) is 25.3 Å². The van der Waals surface area contributed by atoms with Crippen LogP contribution in [0.5, 0.6) is 0 Å².